The van der Waals surface area contributed by atoms with E-state index in [2.05, 4.69) is 27.4 Å². The average molecular weight is 603 g/mol. The van der Waals surface area contributed by atoms with Gasteiger partial charge in [0.25, 0.3) is 10.9 Å². The Bertz CT molecular complexity index is 1710. The maximum Gasteiger partial charge on any atom is 0.416 e. The van der Waals surface area contributed by atoms with Crippen LogP contribution >= 0.6 is 0 Å². The summed E-state index contributed by atoms with van der Waals surface area (Å²) in [4.78, 5) is 32.4. The average Bonchev–Trinajstić information content (AvgIpc) is 2.99. The van der Waals surface area contributed by atoms with Crippen molar-refractivity contribution in [1.82, 2.24) is 9.88 Å². The standard InChI is InChI=1S/C31H28F6N4O2/c1-2-16-15-41-10-8-17(16)11-24(41)25(22-7-9-38-23-6-4-3-5-21(22)23)40-27-26(28(42)29(27)43)39-20-13-18(30(32,33)34)12-19(14-20)31(35,36)37/h3-7,9,12-14,16-17,24-25,39-40H,2,8,10-11,15H2,1H3/t16?,17?,24?,25-/m1/s1. The summed E-state index contributed by atoms with van der Waals surface area (Å²) < 4.78 is 80.7. The van der Waals surface area contributed by atoms with Crippen LogP contribution in [-0.2, 0) is 12.4 Å². The van der Waals surface area contributed by atoms with Crippen LogP contribution in [-0.4, -0.2) is 29.0 Å². The zero-order valence-electron chi connectivity index (χ0n) is 23.0. The van der Waals surface area contributed by atoms with Crippen LogP contribution in [0.5, 0.6) is 0 Å². The lowest BCUT2D eigenvalue weighted by molar-refractivity contribution is -0.143. The zero-order valence-corrected chi connectivity index (χ0v) is 23.0. The van der Waals surface area contributed by atoms with Crippen LogP contribution in [0.4, 0.5) is 43.4 Å². The Kier molecular flexibility index (Phi) is 7.22. The molecule has 0 radical (unpaired) electrons. The summed E-state index contributed by atoms with van der Waals surface area (Å²) in [7, 11) is 0. The summed E-state index contributed by atoms with van der Waals surface area (Å²) in [5.41, 5.74) is -4.57. The second-order valence-electron chi connectivity index (χ2n) is 11.4. The van der Waals surface area contributed by atoms with Gasteiger partial charge < -0.3 is 10.6 Å². The number of pyridine rings is 1. The Balaban J connectivity index is 1.40. The molecule has 3 fully saturated rings. The van der Waals surface area contributed by atoms with E-state index in [1.165, 1.54) is 0 Å². The van der Waals surface area contributed by atoms with E-state index in [-0.39, 0.29) is 23.5 Å². The molecule has 3 aliphatic rings. The van der Waals surface area contributed by atoms with E-state index >= 15 is 0 Å². The molecule has 3 aromatic carbocycles. The maximum absolute atomic E-state index is 13.5. The Labute approximate surface area is 242 Å². The van der Waals surface area contributed by atoms with Gasteiger partial charge in [0.15, 0.2) is 0 Å². The van der Waals surface area contributed by atoms with Gasteiger partial charge in [-0.3, -0.25) is 19.5 Å². The summed E-state index contributed by atoms with van der Waals surface area (Å²) in [6, 6.07) is 9.70. The fourth-order valence-corrected chi connectivity index (χ4v) is 6.73. The highest BCUT2D eigenvalue weighted by atomic mass is 19.4. The van der Waals surface area contributed by atoms with Gasteiger partial charge in [0.05, 0.1) is 22.7 Å². The summed E-state index contributed by atoms with van der Waals surface area (Å²) in [5.74, 6) is 1.00. The predicted molar refractivity (Wildman–Crippen MR) is 151 cm³/mol. The minimum Gasteiger partial charge on any atom is -0.372 e. The SMILES string of the molecule is CCC1CN2CCC1CC2[C@H](Nc1c(Nc2cc(C(F)(F)F)cc(C(F)(F)F)c2)c(=O)c1=O)c1ccnc2ccccc12. The highest BCUT2D eigenvalue weighted by molar-refractivity contribution is 5.84. The number of aromatic nitrogens is 1. The minimum atomic E-state index is -5.06. The Hall–Kier alpha value is -3.93. The van der Waals surface area contributed by atoms with Crippen molar-refractivity contribution in [3.05, 3.63) is 91.9 Å². The quantitative estimate of drug-likeness (QED) is 0.177. The molecule has 43 heavy (non-hydrogen) atoms. The van der Waals surface area contributed by atoms with Gasteiger partial charge in [-0.25, -0.2) is 0 Å². The van der Waals surface area contributed by atoms with Crippen LogP contribution in [0.2, 0.25) is 0 Å². The number of piperidine rings is 3. The number of hydrogen-bond donors (Lipinski definition) is 2. The summed E-state index contributed by atoms with van der Waals surface area (Å²) in [5, 5.41) is 6.46. The molecule has 4 heterocycles. The number of halogens is 6. The first-order chi connectivity index (χ1) is 20.3. The molecule has 3 saturated heterocycles. The molecule has 2 bridgehead atoms. The molecule has 3 aliphatic heterocycles. The van der Waals surface area contributed by atoms with Crippen molar-refractivity contribution in [2.75, 3.05) is 23.7 Å². The number of rotatable bonds is 7. The third-order valence-corrected chi connectivity index (χ3v) is 8.93. The van der Waals surface area contributed by atoms with Gasteiger partial charge in [0.1, 0.15) is 11.4 Å². The van der Waals surface area contributed by atoms with E-state index < -0.39 is 46.1 Å². The van der Waals surface area contributed by atoms with Crippen molar-refractivity contribution in [3.63, 3.8) is 0 Å². The molecule has 5 atom stereocenters. The number of benzene rings is 2. The van der Waals surface area contributed by atoms with Gasteiger partial charge in [-0.1, -0.05) is 31.5 Å². The monoisotopic (exact) mass is 602 g/mol. The van der Waals surface area contributed by atoms with Crippen molar-refractivity contribution in [2.24, 2.45) is 11.8 Å². The fourth-order valence-electron chi connectivity index (χ4n) is 6.73. The second kappa shape index (κ2) is 10.7. The van der Waals surface area contributed by atoms with Crippen LogP contribution in [0, 0.1) is 11.8 Å². The van der Waals surface area contributed by atoms with Crippen molar-refractivity contribution < 1.29 is 26.3 Å². The van der Waals surface area contributed by atoms with Crippen molar-refractivity contribution >= 4 is 28.0 Å². The Morgan fingerprint density at radius 3 is 2.26 bits per heavy atom. The molecule has 7 rings (SSSR count). The number of hydrogen-bond acceptors (Lipinski definition) is 6. The van der Waals surface area contributed by atoms with Gasteiger partial charge in [0.2, 0.25) is 0 Å². The number of fused-ring (bicyclic) bond motifs is 4. The van der Waals surface area contributed by atoms with E-state index in [0.29, 0.717) is 24.0 Å². The third kappa shape index (κ3) is 5.37. The molecular weight excluding hydrogens is 574 g/mol. The minimum absolute atomic E-state index is 0.00712. The van der Waals surface area contributed by atoms with Crippen LogP contribution in [0.25, 0.3) is 10.9 Å². The molecule has 1 aromatic heterocycles. The number of nitrogens with zero attached hydrogens (tertiary/aromatic N) is 2. The summed E-state index contributed by atoms with van der Waals surface area (Å²) in [6.07, 6.45) is -5.57. The third-order valence-electron chi connectivity index (χ3n) is 8.93. The lowest BCUT2D eigenvalue weighted by Crippen LogP contribution is -2.56. The smallest absolute Gasteiger partial charge is 0.372 e. The molecule has 0 saturated carbocycles. The fraction of sp³-hybridized carbons (Fsp3) is 0.387. The van der Waals surface area contributed by atoms with Gasteiger partial charge >= 0.3 is 12.4 Å². The van der Waals surface area contributed by atoms with Gasteiger partial charge in [0, 0.05) is 29.9 Å². The van der Waals surface area contributed by atoms with Crippen molar-refractivity contribution in [1.29, 1.82) is 0 Å². The van der Waals surface area contributed by atoms with Crippen molar-refractivity contribution in [3.8, 4) is 0 Å². The molecular formula is C31H28F6N4O2. The maximum atomic E-state index is 13.5. The van der Waals surface area contributed by atoms with Crippen LogP contribution in [0.1, 0.15) is 48.9 Å². The molecule has 4 unspecified atom stereocenters. The number of alkyl halides is 6. The van der Waals surface area contributed by atoms with Crippen LogP contribution in [0.15, 0.2) is 64.3 Å². The van der Waals surface area contributed by atoms with E-state index in [1.54, 1.807) is 6.20 Å². The highest BCUT2D eigenvalue weighted by Crippen LogP contribution is 2.44. The summed E-state index contributed by atoms with van der Waals surface area (Å²) in [6.45, 7) is 3.88. The normalized spacial score (nSPS) is 23.0. The first kappa shape index (κ1) is 29.2. The lowest BCUT2D eigenvalue weighted by atomic mass is 9.72. The Morgan fingerprint density at radius 1 is 0.953 bits per heavy atom. The van der Waals surface area contributed by atoms with Gasteiger partial charge in [-0.2, -0.15) is 26.3 Å². The molecule has 12 heteroatoms. The van der Waals surface area contributed by atoms with E-state index in [0.717, 1.165) is 48.8 Å². The molecule has 6 nitrogen and oxygen atoms in total. The number of para-hydroxylation sites is 1. The molecule has 226 valence electrons. The predicted octanol–water partition coefficient (Wildman–Crippen LogP) is 6.89. The van der Waals surface area contributed by atoms with Crippen LogP contribution in [0.3, 0.4) is 0 Å². The van der Waals surface area contributed by atoms with Gasteiger partial charge in [-0.15, -0.1) is 0 Å². The molecule has 2 N–H and O–H groups in total. The molecule has 0 aliphatic carbocycles. The topological polar surface area (TPSA) is 74.3 Å². The zero-order chi connectivity index (χ0) is 30.7. The highest BCUT2D eigenvalue weighted by Gasteiger charge is 2.44. The molecule has 0 spiro atoms. The Morgan fingerprint density at radius 2 is 1.63 bits per heavy atom. The van der Waals surface area contributed by atoms with Crippen molar-refractivity contribution in [2.45, 2.75) is 50.6 Å². The van der Waals surface area contributed by atoms with Gasteiger partial charge in [-0.05, 0) is 67.1 Å². The molecule has 0 amide bonds. The first-order valence-corrected chi connectivity index (χ1v) is 14.1. The van der Waals surface area contributed by atoms with E-state index in [1.807, 2.05) is 30.3 Å². The molecule has 4 aromatic rings. The number of nitrogens with one attached hydrogen (secondary N) is 2. The van der Waals surface area contributed by atoms with E-state index in [9.17, 15) is 35.9 Å². The lowest BCUT2D eigenvalue weighted by Gasteiger charge is -2.52. The van der Waals surface area contributed by atoms with E-state index in [4.69, 9.17) is 0 Å². The van der Waals surface area contributed by atoms with Crippen LogP contribution < -0.4 is 21.5 Å². The second-order valence-corrected chi connectivity index (χ2v) is 11.4. The number of anilines is 3. The summed E-state index contributed by atoms with van der Waals surface area (Å²) >= 11 is 0. The largest absolute Gasteiger partial charge is 0.416 e. The first-order valence-electron chi connectivity index (χ1n) is 14.1.